The number of aryl methyl sites for hydroxylation is 1. The van der Waals surface area contributed by atoms with Crippen LogP contribution in [-0.4, -0.2) is 21.5 Å². The second-order valence-corrected chi connectivity index (χ2v) is 3.75. The summed E-state index contributed by atoms with van der Waals surface area (Å²) in [6.45, 7) is 1.67. The summed E-state index contributed by atoms with van der Waals surface area (Å²) >= 11 is 0. The molecule has 14 heavy (non-hydrogen) atoms. The topological polar surface area (TPSA) is 60.4 Å². The van der Waals surface area contributed by atoms with E-state index in [9.17, 15) is 13.2 Å². The van der Waals surface area contributed by atoms with Gasteiger partial charge in [0, 0.05) is 0 Å². The minimum atomic E-state index is -2.67. The highest BCUT2D eigenvalue weighted by Crippen LogP contribution is 2.13. The van der Waals surface area contributed by atoms with Gasteiger partial charge < -0.3 is 4.74 Å². The fourth-order valence-corrected chi connectivity index (χ4v) is 1.66. The van der Waals surface area contributed by atoms with Gasteiger partial charge in [0.15, 0.2) is 10.7 Å². The predicted octanol–water partition coefficient (Wildman–Crippen LogP) is 0.752. The van der Waals surface area contributed by atoms with E-state index in [0.29, 0.717) is 5.56 Å². The maximum absolute atomic E-state index is 11.1. The monoisotopic (exact) mass is 214 g/mol. The summed E-state index contributed by atoms with van der Waals surface area (Å²) in [5.41, 5.74) is 0.862. The van der Waals surface area contributed by atoms with E-state index < -0.39 is 16.7 Å². The maximum atomic E-state index is 11.1. The number of carbonyl (C=O) groups excluding carboxylic acids is 1. The molecule has 0 unspecified atom stereocenters. The van der Waals surface area contributed by atoms with Gasteiger partial charge in [-0.1, -0.05) is 6.07 Å². The van der Waals surface area contributed by atoms with Gasteiger partial charge in [0.25, 0.3) is 0 Å². The van der Waals surface area contributed by atoms with Gasteiger partial charge in [0.2, 0.25) is 0 Å². The van der Waals surface area contributed by atoms with Crippen molar-refractivity contribution >= 4 is 16.7 Å². The third-order valence-electron chi connectivity index (χ3n) is 1.83. The lowest BCUT2D eigenvalue weighted by Crippen LogP contribution is -2.02. The fourth-order valence-electron chi connectivity index (χ4n) is 1.05. The standard InChI is InChI=1S/C9H10O4S/c1-6-3-4-7(9(10)13-2)5-8(6)14(11)12/h3-5,14H,1-2H3. The molecule has 1 rings (SSSR count). The quantitative estimate of drug-likeness (QED) is 0.583. The van der Waals surface area contributed by atoms with Crippen LogP contribution >= 0.6 is 0 Å². The van der Waals surface area contributed by atoms with Crippen LogP contribution in [0.3, 0.4) is 0 Å². The SMILES string of the molecule is COC(=O)c1ccc(C)c([SH](=O)=O)c1. The molecule has 0 radical (unpaired) electrons. The van der Waals surface area contributed by atoms with Crippen molar-refractivity contribution in [3.05, 3.63) is 29.3 Å². The molecule has 4 nitrogen and oxygen atoms in total. The first-order valence-electron chi connectivity index (χ1n) is 3.89. The Morgan fingerprint density at radius 1 is 1.36 bits per heavy atom. The van der Waals surface area contributed by atoms with Gasteiger partial charge >= 0.3 is 5.97 Å². The van der Waals surface area contributed by atoms with Crippen molar-refractivity contribution in [2.45, 2.75) is 11.8 Å². The van der Waals surface area contributed by atoms with Crippen LogP contribution in [0.15, 0.2) is 23.1 Å². The number of esters is 1. The number of thiol groups is 1. The van der Waals surface area contributed by atoms with Gasteiger partial charge in [0.05, 0.1) is 17.6 Å². The van der Waals surface area contributed by atoms with Crippen LogP contribution in [0.2, 0.25) is 0 Å². The van der Waals surface area contributed by atoms with Crippen molar-refractivity contribution in [2.75, 3.05) is 7.11 Å². The molecule has 0 amide bonds. The third kappa shape index (κ3) is 2.11. The Balaban J connectivity index is 3.26. The lowest BCUT2D eigenvalue weighted by molar-refractivity contribution is 0.0600. The first-order chi connectivity index (χ1) is 6.56. The molecule has 0 N–H and O–H groups in total. The average molecular weight is 214 g/mol. The molecule has 0 aliphatic rings. The van der Waals surface area contributed by atoms with Gasteiger partial charge in [-0.25, -0.2) is 13.2 Å². The molecule has 76 valence electrons. The van der Waals surface area contributed by atoms with Crippen molar-refractivity contribution in [2.24, 2.45) is 0 Å². The first kappa shape index (κ1) is 10.7. The lowest BCUT2D eigenvalue weighted by Gasteiger charge is -2.01. The molecular weight excluding hydrogens is 204 g/mol. The lowest BCUT2D eigenvalue weighted by atomic mass is 10.1. The molecule has 0 heterocycles. The van der Waals surface area contributed by atoms with E-state index in [-0.39, 0.29) is 10.5 Å². The molecule has 0 aliphatic heterocycles. The molecule has 0 aliphatic carbocycles. The Morgan fingerprint density at radius 2 is 2.00 bits per heavy atom. The minimum absolute atomic E-state index is 0.155. The summed E-state index contributed by atoms with van der Waals surface area (Å²) in [7, 11) is -1.42. The molecule has 0 aromatic heterocycles. The van der Waals surface area contributed by atoms with Gasteiger partial charge in [-0.2, -0.15) is 0 Å². The molecule has 0 spiro atoms. The van der Waals surface area contributed by atoms with E-state index in [1.54, 1.807) is 13.0 Å². The van der Waals surface area contributed by atoms with Crippen molar-refractivity contribution in [3.8, 4) is 0 Å². The number of rotatable bonds is 2. The zero-order valence-corrected chi connectivity index (χ0v) is 8.71. The van der Waals surface area contributed by atoms with Crippen LogP contribution in [0.5, 0.6) is 0 Å². The summed E-state index contributed by atoms with van der Waals surface area (Å²) in [6.07, 6.45) is 0. The summed E-state index contributed by atoms with van der Waals surface area (Å²) < 4.78 is 26.0. The average Bonchev–Trinajstić information content (AvgIpc) is 2.17. The van der Waals surface area contributed by atoms with Crippen LogP contribution in [-0.2, 0) is 15.4 Å². The van der Waals surface area contributed by atoms with E-state index in [1.165, 1.54) is 19.2 Å². The molecule has 0 bridgehead atoms. The van der Waals surface area contributed by atoms with E-state index in [4.69, 9.17) is 0 Å². The maximum Gasteiger partial charge on any atom is 0.337 e. The molecule has 1 aromatic carbocycles. The first-order valence-corrected chi connectivity index (χ1v) is 5.07. The van der Waals surface area contributed by atoms with Crippen molar-refractivity contribution in [3.63, 3.8) is 0 Å². The van der Waals surface area contributed by atoms with E-state index in [1.807, 2.05) is 0 Å². The number of hydrogen-bond donors (Lipinski definition) is 1. The van der Waals surface area contributed by atoms with Gasteiger partial charge in [-0.3, -0.25) is 0 Å². The van der Waals surface area contributed by atoms with Crippen molar-refractivity contribution in [1.82, 2.24) is 0 Å². The Labute approximate surface area is 83.5 Å². The number of hydrogen-bond acceptors (Lipinski definition) is 4. The normalized spacial score (nSPS) is 10.2. The summed E-state index contributed by atoms with van der Waals surface area (Å²) in [6, 6.07) is 4.42. The molecule has 0 atom stereocenters. The summed E-state index contributed by atoms with van der Waals surface area (Å²) in [4.78, 5) is 11.2. The zero-order chi connectivity index (χ0) is 10.7. The molecule has 0 fully saturated rings. The molecular formula is C9H10O4S. The van der Waals surface area contributed by atoms with Crippen LogP contribution in [0, 0.1) is 6.92 Å². The number of benzene rings is 1. The van der Waals surface area contributed by atoms with Crippen LogP contribution in [0.25, 0.3) is 0 Å². The fraction of sp³-hybridized carbons (Fsp3) is 0.222. The number of methoxy groups -OCH3 is 1. The van der Waals surface area contributed by atoms with Crippen molar-refractivity contribution in [1.29, 1.82) is 0 Å². The Hall–Kier alpha value is -1.36. The molecule has 5 heteroatoms. The predicted molar refractivity (Wildman–Crippen MR) is 51.1 cm³/mol. The largest absolute Gasteiger partial charge is 0.465 e. The minimum Gasteiger partial charge on any atom is -0.465 e. The van der Waals surface area contributed by atoms with Crippen molar-refractivity contribution < 1.29 is 17.9 Å². The Morgan fingerprint density at radius 3 is 2.50 bits per heavy atom. The summed E-state index contributed by atoms with van der Waals surface area (Å²) in [5.74, 6) is -0.539. The Kier molecular flexibility index (Phi) is 3.24. The highest BCUT2D eigenvalue weighted by molar-refractivity contribution is 7.72. The van der Waals surface area contributed by atoms with E-state index >= 15 is 0 Å². The van der Waals surface area contributed by atoms with Gasteiger partial charge in [-0.15, -0.1) is 0 Å². The highest BCUT2D eigenvalue weighted by Gasteiger charge is 2.08. The second kappa shape index (κ2) is 4.23. The molecule has 1 aromatic rings. The smallest absolute Gasteiger partial charge is 0.337 e. The van der Waals surface area contributed by atoms with E-state index in [2.05, 4.69) is 4.74 Å². The van der Waals surface area contributed by atoms with Crippen LogP contribution in [0.1, 0.15) is 15.9 Å². The van der Waals surface area contributed by atoms with Gasteiger partial charge in [0.1, 0.15) is 0 Å². The third-order valence-corrected chi connectivity index (χ3v) is 2.70. The molecule has 0 saturated heterocycles. The highest BCUT2D eigenvalue weighted by atomic mass is 32.2. The van der Waals surface area contributed by atoms with E-state index in [0.717, 1.165) is 0 Å². The Bertz CT molecular complexity index is 426. The van der Waals surface area contributed by atoms with Crippen LogP contribution in [0.4, 0.5) is 0 Å². The summed E-state index contributed by atoms with van der Waals surface area (Å²) in [5, 5.41) is 0. The number of ether oxygens (including phenoxy) is 1. The molecule has 0 saturated carbocycles. The zero-order valence-electron chi connectivity index (χ0n) is 7.81. The number of carbonyl (C=O) groups is 1. The van der Waals surface area contributed by atoms with Crippen LogP contribution < -0.4 is 0 Å². The van der Waals surface area contributed by atoms with Gasteiger partial charge in [-0.05, 0) is 24.6 Å². The second-order valence-electron chi connectivity index (χ2n) is 2.75.